The predicted octanol–water partition coefficient (Wildman–Crippen LogP) is 5.28. The molecule has 0 saturated carbocycles. The van der Waals surface area contributed by atoms with Crippen LogP contribution in [0.4, 0.5) is 0 Å². The third kappa shape index (κ3) is 4.86. The van der Waals surface area contributed by atoms with Crippen molar-refractivity contribution >= 4 is 16.7 Å². The number of benzene rings is 4. The Morgan fingerprint density at radius 1 is 0.842 bits per heavy atom. The summed E-state index contributed by atoms with van der Waals surface area (Å²) in [5.74, 6) is 1.57. The molecule has 0 fully saturated rings. The van der Waals surface area contributed by atoms with Gasteiger partial charge in [0.1, 0.15) is 0 Å². The van der Waals surface area contributed by atoms with Crippen LogP contribution in [0, 0.1) is 0 Å². The van der Waals surface area contributed by atoms with Gasteiger partial charge >= 0.3 is 0 Å². The number of amides is 1. The maximum atomic E-state index is 13.3. The number of rotatable bonds is 7. The summed E-state index contributed by atoms with van der Waals surface area (Å²) in [5, 5.41) is 5.79. The molecule has 0 spiro atoms. The zero-order valence-corrected chi connectivity index (χ0v) is 22.1. The van der Waals surface area contributed by atoms with Crippen LogP contribution in [0.3, 0.4) is 0 Å². The van der Waals surface area contributed by atoms with Crippen molar-refractivity contribution in [2.45, 2.75) is 37.8 Å². The molecule has 0 bridgehead atoms. The SMILES string of the molecule is COc1cc2c(cc1OC)C(Cc1ccc3ccccc3c1)N(CC(=O)NC1Cc3ccccc3C1)CC2. The maximum Gasteiger partial charge on any atom is 0.234 e. The minimum absolute atomic E-state index is 0.0613. The lowest BCUT2D eigenvalue weighted by atomic mass is 9.87. The number of carbonyl (C=O) groups is 1. The van der Waals surface area contributed by atoms with Gasteiger partial charge in [-0.2, -0.15) is 0 Å². The zero-order chi connectivity index (χ0) is 26.1. The van der Waals surface area contributed by atoms with Crippen molar-refractivity contribution in [2.75, 3.05) is 27.3 Å². The highest BCUT2D eigenvalue weighted by molar-refractivity contribution is 5.83. The molecule has 6 rings (SSSR count). The summed E-state index contributed by atoms with van der Waals surface area (Å²) in [6.07, 6.45) is 3.49. The Hall–Kier alpha value is -3.83. The van der Waals surface area contributed by atoms with Crippen LogP contribution in [0.25, 0.3) is 10.8 Å². The lowest BCUT2D eigenvalue weighted by Crippen LogP contribution is -2.46. The van der Waals surface area contributed by atoms with Gasteiger partial charge < -0.3 is 14.8 Å². The highest BCUT2D eigenvalue weighted by atomic mass is 16.5. The lowest BCUT2D eigenvalue weighted by Gasteiger charge is -2.38. The van der Waals surface area contributed by atoms with Crippen LogP contribution in [0.2, 0.25) is 0 Å². The fourth-order valence-corrected chi connectivity index (χ4v) is 6.22. The number of fused-ring (bicyclic) bond motifs is 3. The maximum absolute atomic E-state index is 13.3. The van der Waals surface area contributed by atoms with Gasteiger partial charge in [-0.1, -0.05) is 66.7 Å². The molecule has 1 atom stereocenters. The largest absolute Gasteiger partial charge is 0.493 e. The van der Waals surface area contributed by atoms with Gasteiger partial charge in [0.2, 0.25) is 5.91 Å². The summed E-state index contributed by atoms with van der Waals surface area (Å²) in [7, 11) is 3.35. The van der Waals surface area contributed by atoms with Gasteiger partial charge in [0.25, 0.3) is 0 Å². The van der Waals surface area contributed by atoms with E-state index in [9.17, 15) is 4.79 Å². The van der Waals surface area contributed by atoms with E-state index in [0.29, 0.717) is 6.54 Å². The molecular weight excluding hydrogens is 472 g/mol. The summed E-state index contributed by atoms with van der Waals surface area (Å²) in [6.45, 7) is 1.19. The number of hydrogen-bond donors (Lipinski definition) is 1. The van der Waals surface area contributed by atoms with Crippen molar-refractivity contribution < 1.29 is 14.3 Å². The second kappa shape index (κ2) is 10.5. The Morgan fingerprint density at radius 2 is 1.53 bits per heavy atom. The van der Waals surface area contributed by atoms with E-state index in [1.165, 1.54) is 38.6 Å². The third-order valence-corrected chi connectivity index (χ3v) is 8.12. The number of carbonyl (C=O) groups excluding carboxylic acids is 1. The van der Waals surface area contributed by atoms with E-state index < -0.39 is 0 Å². The van der Waals surface area contributed by atoms with E-state index in [0.717, 1.165) is 43.7 Å². The molecule has 5 heteroatoms. The van der Waals surface area contributed by atoms with Crippen LogP contribution in [0.1, 0.15) is 33.9 Å². The first-order chi connectivity index (χ1) is 18.6. The van der Waals surface area contributed by atoms with Gasteiger partial charge in [0, 0.05) is 18.6 Å². The molecule has 1 unspecified atom stereocenters. The number of nitrogens with zero attached hydrogens (tertiary/aromatic N) is 1. The average molecular weight is 507 g/mol. The molecule has 4 aromatic rings. The van der Waals surface area contributed by atoms with Crippen LogP contribution in [-0.2, 0) is 30.5 Å². The molecule has 1 amide bonds. The Balaban J connectivity index is 1.26. The number of ether oxygens (including phenoxy) is 2. The van der Waals surface area contributed by atoms with Crippen molar-refractivity contribution in [2.24, 2.45) is 0 Å². The number of methoxy groups -OCH3 is 2. The molecule has 0 aromatic heterocycles. The summed E-state index contributed by atoms with van der Waals surface area (Å²) in [4.78, 5) is 15.7. The van der Waals surface area contributed by atoms with Crippen LogP contribution in [0.15, 0.2) is 78.9 Å². The summed E-state index contributed by atoms with van der Waals surface area (Å²) >= 11 is 0. The van der Waals surface area contributed by atoms with Crippen molar-refractivity contribution in [1.29, 1.82) is 0 Å². The van der Waals surface area contributed by atoms with Crippen molar-refractivity contribution in [3.05, 3.63) is 107 Å². The fourth-order valence-electron chi connectivity index (χ4n) is 6.22. The van der Waals surface area contributed by atoms with E-state index in [4.69, 9.17) is 9.47 Å². The highest BCUT2D eigenvalue weighted by Crippen LogP contribution is 2.39. The third-order valence-electron chi connectivity index (χ3n) is 8.12. The van der Waals surface area contributed by atoms with E-state index in [-0.39, 0.29) is 18.0 Å². The van der Waals surface area contributed by atoms with Crippen LogP contribution < -0.4 is 14.8 Å². The molecule has 0 saturated heterocycles. The summed E-state index contributed by atoms with van der Waals surface area (Å²) in [6, 6.07) is 28.1. The van der Waals surface area contributed by atoms with Gasteiger partial charge in [0.15, 0.2) is 11.5 Å². The first-order valence-electron chi connectivity index (χ1n) is 13.4. The van der Waals surface area contributed by atoms with Crippen LogP contribution >= 0.6 is 0 Å². The van der Waals surface area contributed by atoms with Gasteiger partial charge in [0.05, 0.1) is 20.8 Å². The fraction of sp³-hybridized carbons (Fsp3) is 0.303. The normalized spacial score (nSPS) is 17.2. The predicted molar refractivity (Wildman–Crippen MR) is 151 cm³/mol. The Bertz CT molecular complexity index is 1460. The molecule has 4 aromatic carbocycles. The van der Waals surface area contributed by atoms with Crippen molar-refractivity contribution in [3.8, 4) is 11.5 Å². The first-order valence-corrected chi connectivity index (χ1v) is 13.4. The highest BCUT2D eigenvalue weighted by Gasteiger charge is 2.31. The molecule has 2 aliphatic rings. The van der Waals surface area contributed by atoms with Crippen LogP contribution in [0.5, 0.6) is 11.5 Å². The van der Waals surface area contributed by atoms with E-state index >= 15 is 0 Å². The summed E-state index contributed by atoms with van der Waals surface area (Å²) in [5.41, 5.74) is 6.42. The minimum atomic E-state index is 0.0613. The van der Waals surface area contributed by atoms with Crippen molar-refractivity contribution in [3.63, 3.8) is 0 Å². The molecule has 1 N–H and O–H groups in total. The molecule has 1 aliphatic carbocycles. The standard InChI is InChI=1S/C33H34N2O3/c1-37-31-19-27-13-14-35(21-33(36)34-28-17-25-9-5-6-10-26(25)18-28)30(29(27)20-32(31)38-2)16-22-11-12-23-7-3-4-8-24(23)15-22/h3-12,15,19-20,28,30H,13-14,16-18,21H2,1-2H3,(H,34,36). The smallest absolute Gasteiger partial charge is 0.234 e. The second-order valence-electron chi connectivity index (χ2n) is 10.5. The number of nitrogens with one attached hydrogen (secondary N) is 1. The minimum Gasteiger partial charge on any atom is -0.493 e. The second-order valence-corrected chi connectivity index (χ2v) is 10.5. The molecule has 5 nitrogen and oxygen atoms in total. The molecule has 0 radical (unpaired) electrons. The zero-order valence-electron chi connectivity index (χ0n) is 22.1. The monoisotopic (exact) mass is 506 g/mol. The van der Waals surface area contributed by atoms with E-state index in [2.05, 4.69) is 89.1 Å². The van der Waals surface area contributed by atoms with Crippen molar-refractivity contribution in [1.82, 2.24) is 10.2 Å². The van der Waals surface area contributed by atoms with E-state index in [1.807, 2.05) is 0 Å². The Kier molecular flexibility index (Phi) is 6.77. The van der Waals surface area contributed by atoms with Gasteiger partial charge in [-0.25, -0.2) is 0 Å². The molecule has 1 heterocycles. The number of hydrogen-bond acceptors (Lipinski definition) is 4. The molecule has 194 valence electrons. The molecular formula is C33H34N2O3. The Morgan fingerprint density at radius 3 is 2.26 bits per heavy atom. The molecule has 1 aliphatic heterocycles. The lowest BCUT2D eigenvalue weighted by molar-refractivity contribution is -0.123. The summed E-state index contributed by atoms with van der Waals surface area (Å²) < 4.78 is 11.3. The van der Waals surface area contributed by atoms with Gasteiger partial charge in [-0.15, -0.1) is 0 Å². The molecule has 38 heavy (non-hydrogen) atoms. The van der Waals surface area contributed by atoms with Crippen LogP contribution in [-0.4, -0.2) is 44.2 Å². The van der Waals surface area contributed by atoms with Gasteiger partial charge in [-0.05, 0) is 76.4 Å². The topological polar surface area (TPSA) is 50.8 Å². The van der Waals surface area contributed by atoms with E-state index in [1.54, 1.807) is 14.2 Å². The Labute approximate surface area is 224 Å². The average Bonchev–Trinajstić information content (AvgIpc) is 3.35. The van der Waals surface area contributed by atoms with Gasteiger partial charge in [-0.3, -0.25) is 9.69 Å². The first kappa shape index (κ1) is 24.5. The quantitative estimate of drug-likeness (QED) is 0.371.